The highest BCUT2D eigenvalue weighted by atomic mass is 79.9. The Labute approximate surface area is 367 Å². The number of carbonyl (C=O) groups excluding carboxylic acids is 3. The van der Waals surface area contributed by atoms with Gasteiger partial charge in [0.1, 0.15) is 4.49 Å². The maximum Gasteiger partial charge on any atom is 0.379 e. The summed E-state index contributed by atoms with van der Waals surface area (Å²) in [5.74, 6) is -4.55. The Bertz CT molecular complexity index is 2040. The van der Waals surface area contributed by atoms with Gasteiger partial charge in [-0.15, -0.1) is 0 Å². The van der Waals surface area contributed by atoms with Crippen LogP contribution in [-0.4, -0.2) is 54.4 Å². The largest absolute Gasteiger partial charge is 0.505 e. The normalized spacial score (nSPS) is 10.2. The molecule has 0 saturated carbocycles. The molecule has 17 heteroatoms. The van der Waals surface area contributed by atoms with Crippen LogP contribution in [0.1, 0.15) is 71.3 Å². The number of rotatable bonds is 12. The molecule has 0 aliphatic rings. The van der Waals surface area contributed by atoms with Crippen molar-refractivity contribution in [1.82, 2.24) is 0 Å². The lowest BCUT2D eigenvalue weighted by Gasteiger charge is -2.13. The van der Waals surface area contributed by atoms with Gasteiger partial charge in [0.2, 0.25) is 0 Å². The first-order chi connectivity index (χ1) is 27.6. The third-order valence-corrected chi connectivity index (χ3v) is 7.80. The molecule has 4 aromatic rings. The van der Waals surface area contributed by atoms with Gasteiger partial charge in [0.25, 0.3) is 5.78 Å². The predicted octanol–water partition coefficient (Wildman–Crippen LogP) is 12.4. The Balaban J connectivity index is 0.000000409. The van der Waals surface area contributed by atoms with Crippen LogP contribution in [0.4, 0.5) is 17.6 Å². The molecule has 4 rings (SSSR count). The third-order valence-electron chi connectivity index (χ3n) is 6.43. The summed E-state index contributed by atoms with van der Waals surface area (Å²) in [6.07, 6.45) is -0.442. The van der Waals surface area contributed by atoms with Gasteiger partial charge in [-0.2, -0.15) is 0 Å². The van der Waals surface area contributed by atoms with Gasteiger partial charge in [0.05, 0.1) is 37.1 Å². The highest BCUT2D eigenvalue weighted by Gasteiger charge is 2.21. The van der Waals surface area contributed by atoms with Gasteiger partial charge in [0.15, 0.2) is 46.3 Å². The molecule has 9 nitrogen and oxygen atoms in total. The Morgan fingerprint density at radius 1 is 0.576 bits per heavy atom. The average molecular weight is 1000 g/mol. The van der Waals surface area contributed by atoms with Crippen molar-refractivity contribution in [1.29, 1.82) is 0 Å². The summed E-state index contributed by atoms with van der Waals surface area (Å²) in [7, 11) is 0. The van der Waals surface area contributed by atoms with Crippen molar-refractivity contribution in [2.24, 2.45) is 0 Å². The first-order valence-electron chi connectivity index (χ1n) is 17.7. The number of halogens is 8. The van der Waals surface area contributed by atoms with Crippen LogP contribution in [0.25, 0.3) is 5.57 Å². The third kappa shape index (κ3) is 19.5. The summed E-state index contributed by atoms with van der Waals surface area (Å²) in [6.45, 7) is 14.3. The van der Waals surface area contributed by atoms with Crippen LogP contribution in [0, 0.1) is 23.3 Å². The van der Waals surface area contributed by atoms with E-state index >= 15 is 0 Å². The zero-order valence-electron chi connectivity index (χ0n) is 33.3. The van der Waals surface area contributed by atoms with Crippen molar-refractivity contribution in [3.05, 3.63) is 121 Å². The Hall–Kier alpha value is -4.31. The van der Waals surface area contributed by atoms with Gasteiger partial charge in [0, 0.05) is 14.5 Å². The molecule has 322 valence electrons. The number of phenolic OH excluding ortho intramolecular Hbond substituents is 1. The van der Waals surface area contributed by atoms with Crippen molar-refractivity contribution in [2.45, 2.75) is 73.7 Å². The molecule has 0 saturated heterocycles. The monoisotopic (exact) mass is 996 g/mol. The van der Waals surface area contributed by atoms with Crippen molar-refractivity contribution in [2.75, 3.05) is 13.2 Å². The zero-order chi connectivity index (χ0) is 45.0. The predicted molar refractivity (Wildman–Crippen MR) is 226 cm³/mol. The average Bonchev–Trinajstić information content (AvgIpc) is 3.14. The summed E-state index contributed by atoms with van der Waals surface area (Å²) in [5.41, 5.74) is 0.356. The molecule has 0 aliphatic heterocycles. The number of hydrogen-bond donors (Lipinski definition) is 1. The fourth-order valence-electron chi connectivity index (χ4n) is 4.12. The van der Waals surface area contributed by atoms with E-state index in [-0.39, 0.29) is 70.2 Å². The number of benzene rings is 4. The lowest BCUT2D eigenvalue weighted by atomic mass is 10.1. The topological polar surface area (TPSA) is 118 Å². The van der Waals surface area contributed by atoms with Gasteiger partial charge in [-0.3, -0.25) is 4.79 Å². The minimum Gasteiger partial charge on any atom is -0.505 e. The Morgan fingerprint density at radius 2 is 0.949 bits per heavy atom. The van der Waals surface area contributed by atoms with Crippen LogP contribution in [0.15, 0.2) is 86.2 Å². The molecule has 0 aromatic heterocycles. The smallest absolute Gasteiger partial charge is 0.379 e. The standard InChI is InChI=1S/C14H15Cl2FO3.C13H15FO4.C9H10BrFO.C6H4BrFO/c1-4-19-14(18)12(13(15)16)9-5-6-10(17)11(7-9)20-8(2)3;1-4-17-13(16)12(15)9-5-6-10(14)11(7-9)18-8(2)3;1-6(2)12-9-5-7(10)3-4-8(9)11;7-4-1-2-5(8)6(9)3-4/h5-8H,4H2,1-3H3;5-8H,4H2,1-3H3;3-6H,1-2H3;1-3,9H. The molecule has 0 bridgehead atoms. The molecule has 0 atom stereocenters. The van der Waals surface area contributed by atoms with E-state index in [0.717, 1.165) is 10.5 Å². The lowest BCUT2D eigenvalue weighted by Crippen LogP contribution is -2.18. The second-order valence-electron chi connectivity index (χ2n) is 12.4. The van der Waals surface area contributed by atoms with E-state index in [0.29, 0.717) is 15.8 Å². The minimum absolute atomic E-state index is 0.00574. The number of Topliss-reactive ketones (excluding diaryl/α,β-unsaturated/α-hetero) is 1. The molecule has 1 N–H and O–H groups in total. The molecular weight excluding hydrogens is 955 g/mol. The van der Waals surface area contributed by atoms with Crippen LogP contribution in [-0.2, 0) is 19.1 Å². The van der Waals surface area contributed by atoms with Crippen LogP contribution < -0.4 is 14.2 Å². The number of ketones is 1. The highest BCUT2D eigenvalue weighted by Crippen LogP contribution is 2.30. The first kappa shape index (κ1) is 52.7. The second kappa shape index (κ2) is 26.7. The van der Waals surface area contributed by atoms with E-state index < -0.39 is 35.2 Å². The molecule has 59 heavy (non-hydrogen) atoms. The number of esters is 2. The van der Waals surface area contributed by atoms with Crippen LogP contribution in [0.3, 0.4) is 0 Å². The van der Waals surface area contributed by atoms with E-state index in [9.17, 15) is 31.9 Å². The highest BCUT2D eigenvalue weighted by molar-refractivity contribution is 9.10. The van der Waals surface area contributed by atoms with Crippen molar-refractivity contribution in [3.63, 3.8) is 0 Å². The molecule has 0 heterocycles. The van der Waals surface area contributed by atoms with Crippen LogP contribution in [0.2, 0.25) is 0 Å². The summed E-state index contributed by atoms with van der Waals surface area (Å²) in [4.78, 5) is 34.7. The van der Waals surface area contributed by atoms with Crippen molar-refractivity contribution >= 4 is 78.4 Å². The Morgan fingerprint density at radius 3 is 1.36 bits per heavy atom. The quantitative estimate of drug-likeness (QED) is 0.0487. The van der Waals surface area contributed by atoms with Gasteiger partial charge in [-0.1, -0.05) is 61.1 Å². The minimum atomic E-state index is -0.959. The lowest BCUT2D eigenvalue weighted by molar-refractivity contribution is -0.137. The van der Waals surface area contributed by atoms with E-state index in [1.807, 2.05) is 13.8 Å². The fourth-order valence-corrected chi connectivity index (χ4v) is 5.18. The number of ether oxygens (including phenoxy) is 5. The summed E-state index contributed by atoms with van der Waals surface area (Å²) >= 11 is 17.7. The Kier molecular flexibility index (Phi) is 23.9. The number of carbonyl (C=O) groups is 3. The summed E-state index contributed by atoms with van der Waals surface area (Å²) in [6, 6.07) is 16.1. The molecule has 0 radical (unpaired) electrons. The summed E-state index contributed by atoms with van der Waals surface area (Å²) < 4.78 is 78.7. The van der Waals surface area contributed by atoms with Crippen molar-refractivity contribution < 1.29 is 60.7 Å². The number of hydrogen-bond acceptors (Lipinski definition) is 9. The molecule has 0 unspecified atom stereocenters. The van der Waals surface area contributed by atoms with Gasteiger partial charge >= 0.3 is 11.9 Å². The molecule has 0 fully saturated rings. The SMILES string of the molecule is CC(C)Oc1cc(Br)ccc1F.CCOC(=O)C(=C(Cl)Cl)c1ccc(F)c(OC(C)C)c1.CCOC(=O)C(=O)c1ccc(F)c(OC(C)C)c1.Oc1cc(Br)ccc1F. The summed E-state index contributed by atoms with van der Waals surface area (Å²) in [5, 5.41) is 8.70. The van der Waals surface area contributed by atoms with E-state index in [4.69, 9.17) is 47.3 Å². The van der Waals surface area contributed by atoms with Crippen LogP contribution >= 0.6 is 55.1 Å². The maximum atomic E-state index is 13.6. The maximum absolute atomic E-state index is 13.6. The van der Waals surface area contributed by atoms with Gasteiger partial charge in [-0.25, -0.2) is 27.2 Å². The van der Waals surface area contributed by atoms with Crippen LogP contribution in [0.5, 0.6) is 23.0 Å². The molecular formula is C42H44Br2Cl2F4O9. The number of phenols is 1. The molecule has 0 amide bonds. The molecule has 0 spiro atoms. The molecule has 4 aromatic carbocycles. The fraction of sp³-hybridized carbons (Fsp3) is 0.310. The van der Waals surface area contributed by atoms with Gasteiger partial charge in [-0.05, 0) is 128 Å². The first-order valence-corrected chi connectivity index (χ1v) is 20.1. The van der Waals surface area contributed by atoms with Gasteiger partial charge < -0.3 is 28.8 Å². The van der Waals surface area contributed by atoms with E-state index in [1.54, 1.807) is 53.7 Å². The molecule has 0 aliphatic carbocycles. The van der Waals surface area contributed by atoms with E-state index in [2.05, 4.69) is 36.6 Å². The zero-order valence-corrected chi connectivity index (χ0v) is 38.0. The second-order valence-corrected chi connectivity index (χ2v) is 15.1. The number of aromatic hydroxyl groups is 1. The van der Waals surface area contributed by atoms with Crippen molar-refractivity contribution in [3.8, 4) is 23.0 Å². The van der Waals surface area contributed by atoms with E-state index in [1.165, 1.54) is 54.6 Å².